The maximum absolute atomic E-state index is 12.3. The first kappa shape index (κ1) is 16.5. The van der Waals surface area contributed by atoms with Crippen LogP contribution in [-0.4, -0.2) is 81.1 Å². The van der Waals surface area contributed by atoms with Crippen molar-refractivity contribution in [3.8, 4) is 0 Å². The smallest absolute Gasteiger partial charge is 0.226 e. The van der Waals surface area contributed by atoms with Crippen molar-refractivity contribution in [3.05, 3.63) is 12.2 Å². The molecule has 2 aliphatic heterocycles. The van der Waals surface area contributed by atoms with E-state index in [0.29, 0.717) is 32.7 Å². The van der Waals surface area contributed by atoms with Gasteiger partial charge in [-0.15, -0.1) is 0 Å². The van der Waals surface area contributed by atoms with Crippen LogP contribution in [0.1, 0.15) is 13.3 Å². The van der Waals surface area contributed by atoms with E-state index in [1.54, 1.807) is 12.0 Å². The molecule has 21 heavy (non-hydrogen) atoms. The molecule has 2 rings (SSSR count). The van der Waals surface area contributed by atoms with Crippen molar-refractivity contribution >= 4 is 15.7 Å². The zero-order chi connectivity index (χ0) is 15.5. The Kier molecular flexibility index (Phi) is 5.40. The highest BCUT2D eigenvalue weighted by Gasteiger charge is 2.47. The number of hydrogen-bond acceptors (Lipinski definition) is 5. The van der Waals surface area contributed by atoms with Gasteiger partial charge in [0.2, 0.25) is 5.91 Å². The number of sulfone groups is 1. The number of fused-ring (bicyclic) bond motifs is 1. The van der Waals surface area contributed by atoms with E-state index in [2.05, 4.69) is 4.90 Å². The molecule has 6 nitrogen and oxygen atoms in total. The molecule has 0 unspecified atom stereocenters. The quantitative estimate of drug-likeness (QED) is 0.663. The summed E-state index contributed by atoms with van der Waals surface area (Å²) in [7, 11) is -1.43. The highest BCUT2D eigenvalue weighted by atomic mass is 32.2. The number of hydrogen-bond donors (Lipinski definition) is 0. The monoisotopic (exact) mass is 316 g/mol. The molecule has 120 valence electrons. The zero-order valence-electron chi connectivity index (χ0n) is 12.7. The maximum atomic E-state index is 12.3. The summed E-state index contributed by atoms with van der Waals surface area (Å²) in [6, 6.07) is -0.299. The lowest BCUT2D eigenvalue weighted by molar-refractivity contribution is -0.136. The third-order valence-electron chi connectivity index (χ3n) is 4.22. The van der Waals surface area contributed by atoms with Crippen molar-refractivity contribution < 1.29 is 17.9 Å². The van der Waals surface area contributed by atoms with Gasteiger partial charge in [-0.25, -0.2) is 8.42 Å². The van der Waals surface area contributed by atoms with Gasteiger partial charge in [0, 0.05) is 39.2 Å². The van der Waals surface area contributed by atoms with Gasteiger partial charge in [0.15, 0.2) is 9.84 Å². The van der Waals surface area contributed by atoms with Crippen molar-refractivity contribution in [2.24, 2.45) is 0 Å². The van der Waals surface area contributed by atoms with Crippen molar-refractivity contribution in [1.29, 1.82) is 0 Å². The van der Waals surface area contributed by atoms with Crippen LogP contribution >= 0.6 is 0 Å². The van der Waals surface area contributed by atoms with Crippen LogP contribution in [0.4, 0.5) is 0 Å². The first-order chi connectivity index (χ1) is 9.98. The number of amides is 1. The summed E-state index contributed by atoms with van der Waals surface area (Å²) in [5.41, 5.74) is 0. The van der Waals surface area contributed by atoms with Crippen LogP contribution in [0.2, 0.25) is 0 Å². The molecular formula is C14H24N2O4S. The summed E-state index contributed by atoms with van der Waals surface area (Å²) in [5.74, 6) is 0.254. The molecule has 0 N–H and O–H groups in total. The number of methoxy groups -OCH3 is 1. The average Bonchev–Trinajstić information content (AvgIpc) is 2.77. The Hall–Kier alpha value is -0.920. The van der Waals surface area contributed by atoms with Crippen LogP contribution in [0.3, 0.4) is 0 Å². The second kappa shape index (κ2) is 6.89. The zero-order valence-corrected chi connectivity index (χ0v) is 13.5. The van der Waals surface area contributed by atoms with Crippen LogP contribution in [0.5, 0.6) is 0 Å². The number of ether oxygens (including phenoxy) is 1. The van der Waals surface area contributed by atoms with Crippen molar-refractivity contribution in [3.63, 3.8) is 0 Å². The lowest BCUT2D eigenvalue weighted by Crippen LogP contribution is -2.61. The molecule has 2 fully saturated rings. The van der Waals surface area contributed by atoms with Gasteiger partial charge in [0.25, 0.3) is 0 Å². The fourth-order valence-corrected chi connectivity index (χ4v) is 5.17. The molecular weight excluding hydrogens is 292 g/mol. The topological polar surface area (TPSA) is 66.9 Å². The summed E-state index contributed by atoms with van der Waals surface area (Å²) < 4.78 is 29.1. The fourth-order valence-electron chi connectivity index (χ4n) is 3.16. The van der Waals surface area contributed by atoms with Crippen LogP contribution in [-0.2, 0) is 19.4 Å². The minimum absolute atomic E-state index is 0.0200. The van der Waals surface area contributed by atoms with Crippen LogP contribution in [0, 0.1) is 0 Å². The molecule has 0 bridgehead atoms. The summed E-state index contributed by atoms with van der Waals surface area (Å²) in [4.78, 5) is 16.2. The fraction of sp³-hybridized carbons (Fsp3) is 0.786. The Balaban J connectivity index is 2.12. The number of allylic oxidation sites excluding steroid dienone is 1. The number of carbonyl (C=O) groups excluding carboxylic acids is 1. The number of carbonyl (C=O) groups is 1. The Morgan fingerprint density at radius 3 is 2.67 bits per heavy atom. The second-order valence-electron chi connectivity index (χ2n) is 5.60. The third-order valence-corrected chi connectivity index (χ3v) is 5.92. The molecule has 0 aromatic rings. The minimum Gasteiger partial charge on any atom is -0.383 e. The molecule has 0 aliphatic carbocycles. The summed E-state index contributed by atoms with van der Waals surface area (Å²) in [5, 5.41) is 0. The van der Waals surface area contributed by atoms with E-state index in [1.807, 2.05) is 19.1 Å². The van der Waals surface area contributed by atoms with Gasteiger partial charge in [-0.05, 0) is 6.92 Å². The maximum Gasteiger partial charge on any atom is 0.226 e. The molecule has 0 saturated carbocycles. The summed E-state index contributed by atoms with van der Waals surface area (Å²) in [6.07, 6.45) is 4.01. The molecule has 2 saturated heterocycles. The number of nitrogens with zero attached hydrogens (tertiary/aromatic N) is 2. The molecule has 1 amide bonds. The summed E-state index contributed by atoms with van der Waals surface area (Å²) in [6.45, 7) is 4.47. The Morgan fingerprint density at radius 1 is 1.29 bits per heavy atom. The highest BCUT2D eigenvalue weighted by molar-refractivity contribution is 7.91. The standard InChI is InChI=1S/C14H24N2O4S/c1-3-4-5-14(17)16-7-6-15(8-9-20-2)12-10-21(18,19)11-13(12)16/h3-4,12-13H,5-11H2,1-2H3/t12-,13+/m1/s1. The molecule has 0 radical (unpaired) electrons. The first-order valence-corrected chi connectivity index (χ1v) is 9.14. The van der Waals surface area contributed by atoms with E-state index in [9.17, 15) is 13.2 Å². The Morgan fingerprint density at radius 2 is 2.00 bits per heavy atom. The molecule has 7 heteroatoms. The number of rotatable bonds is 5. The molecule has 2 aliphatic rings. The van der Waals surface area contributed by atoms with Crippen molar-refractivity contribution in [2.75, 3.05) is 44.9 Å². The first-order valence-electron chi connectivity index (χ1n) is 7.32. The van der Waals surface area contributed by atoms with Gasteiger partial charge in [-0.2, -0.15) is 0 Å². The molecule has 2 atom stereocenters. The van der Waals surface area contributed by atoms with E-state index in [1.165, 1.54) is 0 Å². The predicted molar refractivity (Wildman–Crippen MR) is 80.8 cm³/mol. The van der Waals surface area contributed by atoms with Gasteiger partial charge in [-0.3, -0.25) is 9.69 Å². The van der Waals surface area contributed by atoms with Crippen LogP contribution in [0.15, 0.2) is 12.2 Å². The second-order valence-corrected chi connectivity index (χ2v) is 7.75. The van der Waals surface area contributed by atoms with Gasteiger partial charge in [0.05, 0.1) is 24.2 Å². The van der Waals surface area contributed by atoms with Gasteiger partial charge in [0.1, 0.15) is 0 Å². The summed E-state index contributed by atoms with van der Waals surface area (Å²) >= 11 is 0. The largest absolute Gasteiger partial charge is 0.383 e. The van der Waals surface area contributed by atoms with Gasteiger partial charge < -0.3 is 9.64 Å². The minimum atomic E-state index is -3.07. The molecule has 0 aromatic heterocycles. The van der Waals surface area contributed by atoms with Gasteiger partial charge >= 0.3 is 0 Å². The highest BCUT2D eigenvalue weighted by Crippen LogP contribution is 2.27. The van der Waals surface area contributed by atoms with E-state index in [0.717, 1.165) is 0 Å². The molecule has 0 spiro atoms. The Labute approximate surface area is 126 Å². The lowest BCUT2D eigenvalue weighted by atomic mass is 10.0. The lowest BCUT2D eigenvalue weighted by Gasteiger charge is -2.43. The van der Waals surface area contributed by atoms with E-state index in [4.69, 9.17) is 4.74 Å². The van der Waals surface area contributed by atoms with E-state index in [-0.39, 0.29) is 29.5 Å². The van der Waals surface area contributed by atoms with Gasteiger partial charge in [-0.1, -0.05) is 12.2 Å². The number of piperazine rings is 1. The van der Waals surface area contributed by atoms with Crippen LogP contribution in [0.25, 0.3) is 0 Å². The van der Waals surface area contributed by atoms with Crippen LogP contribution < -0.4 is 0 Å². The molecule has 0 aromatic carbocycles. The van der Waals surface area contributed by atoms with E-state index < -0.39 is 9.84 Å². The molecule has 2 heterocycles. The van der Waals surface area contributed by atoms with Crippen molar-refractivity contribution in [1.82, 2.24) is 9.80 Å². The van der Waals surface area contributed by atoms with E-state index >= 15 is 0 Å². The average molecular weight is 316 g/mol. The third kappa shape index (κ3) is 3.84. The van der Waals surface area contributed by atoms with Crippen molar-refractivity contribution in [2.45, 2.75) is 25.4 Å². The predicted octanol–water partition coefficient (Wildman–Crippen LogP) is -0.0912. The SMILES string of the molecule is CC=CCC(=O)N1CCN(CCOC)[C@@H]2CS(=O)(=O)C[C@@H]21. The normalized spacial score (nSPS) is 29.0. The Bertz CT molecular complexity index is 503.